The minimum Gasteiger partial charge on any atom is -0.489 e. The van der Waals surface area contributed by atoms with E-state index in [1.165, 1.54) is 22.1 Å². The van der Waals surface area contributed by atoms with Gasteiger partial charge >= 0.3 is 0 Å². The number of rotatable bonds is 7. The van der Waals surface area contributed by atoms with E-state index in [2.05, 4.69) is 87.0 Å². The van der Waals surface area contributed by atoms with Gasteiger partial charge in [0.25, 0.3) is 0 Å². The quantitative estimate of drug-likeness (QED) is 0.272. The first kappa shape index (κ1) is 22.0. The summed E-state index contributed by atoms with van der Waals surface area (Å²) in [4.78, 5) is 5.72. The van der Waals surface area contributed by atoms with Gasteiger partial charge in [-0.3, -0.25) is 0 Å². The van der Waals surface area contributed by atoms with E-state index in [1.807, 2.05) is 25.3 Å². The number of aromatic nitrogens is 1. The number of benzene rings is 2. The van der Waals surface area contributed by atoms with E-state index in [-0.39, 0.29) is 5.92 Å². The molecule has 2 aromatic carbocycles. The predicted molar refractivity (Wildman–Crippen MR) is 139 cm³/mol. The van der Waals surface area contributed by atoms with Crippen molar-refractivity contribution >= 4 is 27.3 Å². The molecule has 1 atom stereocenters. The fourth-order valence-electron chi connectivity index (χ4n) is 4.09. The molecule has 2 aromatic heterocycles. The molecule has 168 valence electrons. The Balaban J connectivity index is 1.30. The molecule has 0 aliphatic carbocycles. The van der Waals surface area contributed by atoms with E-state index in [0.717, 1.165) is 33.8 Å². The molecule has 0 N–H and O–H groups in total. The van der Waals surface area contributed by atoms with Crippen LogP contribution in [0.25, 0.3) is 21.3 Å². The van der Waals surface area contributed by atoms with Crippen LogP contribution in [0.5, 0.6) is 5.75 Å². The highest BCUT2D eigenvalue weighted by molar-refractivity contribution is 7.17. The fourth-order valence-corrected chi connectivity index (χ4v) is 4.99. The van der Waals surface area contributed by atoms with Crippen LogP contribution < -0.4 is 4.74 Å². The standard InChI is InChI=1S/C28H24N4OS/c1-3-6-22(14-23-16-30-32-31-23)21-9-11-24(12-10-21)33-17-20-13-26-27(18-34-28(26)29-15-20)25-8-5-4-7-19(25)2/h4-5,7-13,15,18,22H,14,16-17H2,1-2H3/t22-/m0/s1. The van der Waals surface area contributed by atoms with Gasteiger partial charge in [0.2, 0.25) is 0 Å². The van der Waals surface area contributed by atoms with Crippen LogP contribution in [0.15, 0.2) is 81.6 Å². The molecule has 5 rings (SSSR count). The monoisotopic (exact) mass is 464 g/mol. The third-order valence-corrected chi connectivity index (χ3v) is 6.77. The maximum Gasteiger partial charge on any atom is 0.123 e. The highest BCUT2D eigenvalue weighted by Crippen LogP contribution is 2.35. The molecule has 0 fully saturated rings. The van der Waals surface area contributed by atoms with Crippen molar-refractivity contribution < 1.29 is 4.74 Å². The normalized spacial score (nSPS) is 13.4. The Labute approximate surface area is 203 Å². The van der Waals surface area contributed by atoms with Crippen LogP contribution in [0, 0.1) is 18.8 Å². The maximum atomic E-state index is 6.09. The van der Waals surface area contributed by atoms with E-state index in [1.54, 1.807) is 11.3 Å². The van der Waals surface area contributed by atoms with Gasteiger partial charge < -0.3 is 4.74 Å². The van der Waals surface area contributed by atoms with Gasteiger partial charge in [0.05, 0.1) is 11.6 Å². The smallest absolute Gasteiger partial charge is 0.123 e. The second-order valence-electron chi connectivity index (χ2n) is 8.22. The lowest BCUT2D eigenvalue weighted by molar-refractivity contribution is 0.306. The molecule has 34 heavy (non-hydrogen) atoms. The average Bonchev–Trinajstić information content (AvgIpc) is 3.53. The van der Waals surface area contributed by atoms with Gasteiger partial charge in [-0.25, -0.2) is 4.98 Å². The molecule has 0 saturated heterocycles. The molecule has 6 heteroatoms. The van der Waals surface area contributed by atoms with E-state index in [4.69, 9.17) is 4.74 Å². The Kier molecular flexibility index (Phi) is 6.46. The van der Waals surface area contributed by atoms with Crippen LogP contribution in [-0.2, 0) is 6.61 Å². The summed E-state index contributed by atoms with van der Waals surface area (Å²) < 4.78 is 6.09. The van der Waals surface area contributed by atoms with Crippen molar-refractivity contribution in [1.82, 2.24) is 4.98 Å². The summed E-state index contributed by atoms with van der Waals surface area (Å²) in [5, 5.41) is 15.1. The van der Waals surface area contributed by atoms with Crippen molar-refractivity contribution in [2.45, 2.75) is 32.8 Å². The zero-order valence-electron chi connectivity index (χ0n) is 19.2. The first-order valence-corrected chi connectivity index (χ1v) is 12.1. The molecule has 5 nitrogen and oxygen atoms in total. The molecule has 1 aliphatic rings. The zero-order chi connectivity index (χ0) is 23.3. The van der Waals surface area contributed by atoms with E-state index < -0.39 is 0 Å². The molecule has 0 saturated carbocycles. The predicted octanol–water partition coefficient (Wildman–Crippen LogP) is 7.17. The minimum atomic E-state index is 0.0753. The van der Waals surface area contributed by atoms with E-state index >= 15 is 0 Å². The molecule has 3 heterocycles. The first-order chi connectivity index (χ1) is 16.7. The first-order valence-electron chi connectivity index (χ1n) is 11.2. The summed E-state index contributed by atoms with van der Waals surface area (Å²) in [6, 6.07) is 18.8. The lowest BCUT2D eigenvalue weighted by Crippen LogP contribution is -2.07. The third kappa shape index (κ3) is 4.75. The van der Waals surface area contributed by atoms with Crippen molar-refractivity contribution in [1.29, 1.82) is 0 Å². The lowest BCUT2D eigenvalue weighted by Gasteiger charge is -2.12. The van der Waals surface area contributed by atoms with Crippen LogP contribution in [-0.4, -0.2) is 17.2 Å². The minimum absolute atomic E-state index is 0.0753. The Hall–Kier alpha value is -3.82. The molecule has 0 bridgehead atoms. The highest BCUT2D eigenvalue weighted by atomic mass is 32.1. The van der Waals surface area contributed by atoms with Crippen molar-refractivity contribution in [2.75, 3.05) is 6.54 Å². The van der Waals surface area contributed by atoms with Crippen molar-refractivity contribution in [2.24, 2.45) is 15.4 Å². The number of nitrogens with zero attached hydrogens (tertiary/aromatic N) is 4. The number of pyridine rings is 1. The number of ether oxygens (including phenoxy) is 1. The maximum absolute atomic E-state index is 6.09. The Morgan fingerprint density at radius 1 is 1.09 bits per heavy atom. The summed E-state index contributed by atoms with van der Waals surface area (Å²) in [5.74, 6) is 7.20. The van der Waals surface area contributed by atoms with Crippen LogP contribution >= 0.6 is 11.3 Å². The van der Waals surface area contributed by atoms with Crippen molar-refractivity contribution in [3.63, 3.8) is 0 Å². The van der Waals surface area contributed by atoms with Gasteiger partial charge in [-0.05, 0) is 54.0 Å². The number of aryl methyl sites for hydroxylation is 1. The van der Waals surface area contributed by atoms with Crippen molar-refractivity contribution in [3.05, 3.63) is 82.9 Å². The Morgan fingerprint density at radius 3 is 2.71 bits per heavy atom. The Morgan fingerprint density at radius 2 is 1.94 bits per heavy atom. The molecular weight excluding hydrogens is 440 g/mol. The summed E-state index contributed by atoms with van der Waals surface area (Å²) in [5.41, 5.74) is 6.90. The lowest BCUT2D eigenvalue weighted by atomic mass is 9.94. The van der Waals surface area contributed by atoms with Gasteiger partial charge in [0, 0.05) is 34.5 Å². The second-order valence-corrected chi connectivity index (χ2v) is 9.08. The van der Waals surface area contributed by atoms with Crippen LogP contribution in [0.1, 0.15) is 36.0 Å². The molecule has 0 unspecified atom stereocenters. The van der Waals surface area contributed by atoms with Gasteiger partial charge in [0.15, 0.2) is 0 Å². The zero-order valence-corrected chi connectivity index (χ0v) is 20.0. The molecule has 0 spiro atoms. The number of fused-ring (bicyclic) bond motifs is 1. The third-order valence-electron chi connectivity index (χ3n) is 5.87. The topological polar surface area (TPSA) is 59.2 Å². The van der Waals surface area contributed by atoms with Crippen LogP contribution in [0.4, 0.5) is 0 Å². The Bertz CT molecular complexity index is 1440. The molecule has 0 amide bonds. The summed E-state index contributed by atoms with van der Waals surface area (Å²) in [6.07, 6.45) is 2.64. The second kappa shape index (κ2) is 9.98. The van der Waals surface area contributed by atoms with Gasteiger partial charge in [0.1, 0.15) is 23.7 Å². The largest absolute Gasteiger partial charge is 0.489 e. The number of hydrogen-bond acceptors (Lipinski definition) is 6. The average molecular weight is 465 g/mol. The molecule has 4 aromatic rings. The molecule has 0 radical (unpaired) electrons. The number of hydrogen-bond donors (Lipinski definition) is 0. The molecule has 1 aliphatic heterocycles. The molecular formula is C28H24N4OS. The van der Waals surface area contributed by atoms with Crippen LogP contribution in [0.2, 0.25) is 0 Å². The summed E-state index contributed by atoms with van der Waals surface area (Å²) in [7, 11) is 0. The van der Waals surface area contributed by atoms with E-state index in [9.17, 15) is 0 Å². The highest BCUT2D eigenvalue weighted by Gasteiger charge is 2.15. The van der Waals surface area contributed by atoms with E-state index in [0.29, 0.717) is 13.2 Å². The summed E-state index contributed by atoms with van der Waals surface area (Å²) in [6.45, 7) is 5.03. The summed E-state index contributed by atoms with van der Waals surface area (Å²) >= 11 is 1.68. The van der Waals surface area contributed by atoms with Crippen molar-refractivity contribution in [3.8, 4) is 28.7 Å². The SMILES string of the molecule is CC#C[C@@H](CC1=NN=NC1)c1ccc(OCc2cnc3scc(-c4ccccc4C)c3c2)cc1. The number of thiophene rings is 1. The fraction of sp³-hybridized carbons (Fsp3) is 0.214. The van der Waals surface area contributed by atoms with Crippen LogP contribution in [0.3, 0.4) is 0 Å². The van der Waals surface area contributed by atoms with Gasteiger partial charge in [-0.2, -0.15) is 5.11 Å². The van der Waals surface area contributed by atoms with Gasteiger partial charge in [-0.15, -0.1) is 22.4 Å². The van der Waals surface area contributed by atoms with Gasteiger partial charge in [-0.1, -0.05) is 42.3 Å².